The van der Waals surface area contributed by atoms with Gasteiger partial charge in [0.15, 0.2) is 0 Å². The number of phenolic OH excluding ortho intramolecular Hbond substituents is 1. The first-order valence-corrected chi connectivity index (χ1v) is 19.8. The molecule has 0 aliphatic carbocycles. The lowest BCUT2D eigenvalue weighted by molar-refractivity contribution is -0.0336. The number of hydrogen-bond acceptors (Lipinski definition) is 11. The van der Waals surface area contributed by atoms with Crippen molar-refractivity contribution < 1.29 is 38.7 Å². The Balaban J connectivity index is 0.878. The van der Waals surface area contributed by atoms with Crippen LogP contribution in [0.3, 0.4) is 0 Å². The first-order chi connectivity index (χ1) is 28.2. The number of esters is 1. The number of fused-ring (bicyclic) bond motifs is 4. The van der Waals surface area contributed by atoms with Gasteiger partial charge >= 0.3 is 12.1 Å². The van der Waals surface area contributed by atoms with Crippen LogP contribution in [0.5, 0.6) is 17.2 Å². The third kappa shape index (κ3) is 9.97. The Kier molecular flexibility index (Phi) is 13.2. The third-order valence-corrected chi connectivity index (χ3v) is 10.9. The number of carbonyl (C=O) groups excluding carboxylic acids is 2. The molecule has 5 N–H and O–H groups in total. The third-order valence-electron chi connectivity index (χ3n) is 10.9. The highest BCUT2D eigenvalue weighted by Crippen LogP contribution is 2.32. The van der Waals surface area contributed by atoms with Gasteiger partial charge < -0.3 is 44.8 Å². The number of aliphatic hydroxyl groups excluding tert-OH is 1. The molecule has 4 heterocycles. The van der Waals surface area contributed by atoms with Gasteiger partial charge in [-0.25, -0.2) is 9.59 Å². The number of rotatable bonds is 17. The van der Waals surface area contributed by atoms with Gasteiger partial charge in [0.1, 0.15) is 35.5 Å². The van der Waals surface area contributed by atoms with Crippen molar-refractivity contribution in [2.24, 2.45) is 5.92 Å². The maximum absolute atomic E-state index is 13.2. The molecule has 13 heteroatoms. The SMILES string of the molecule is COc1cc(COc2cccc([C@@H](NC(=O)OC3CN4CCC3CC4)c3ccccc3)c2)ccc1C(=O)OCCCCNCC(O)c1ccc(O)c2[nH]c(=O)ccc12. The normalized spacial score (nSPS) is 18.3. The van der Waals surface area contributed by atoms with E-state index in [4.69, 9.17) is 18.9 Å². The van der Waals surface area contributed by atoms with Crippen LogP contribution in [0.15, 0.2) is 102 Å². The predicted molar refractivity (Wildman–Crippen MR) is 218 cm³/mol. The number of alkyl carbamates (subject to hydrolysis) is 1. The van der Waals surface area contributed by atoms with Crippen LogP contribution in [-0.2, 0) is 16.1 Å². The topological polar surface area (TPSA) is 172 Å². The molecule has 8 rings (SSSR count). The number of pyridine rings is 1. The van der Waals surface area contributed by atoms with Gasteiger partial charge in [-0.05, 0) is 110 Å². The second kappa shape index (κ2) is 19.0. The fourth-order valence-electron chi connectivity index (χ4n) is 7.78. The van der Waals surface area contributed by atoms with E-state index >= 15 is 0 Å². The Labute approximate surface area is 336 Å². The number of aromatic amines is 1. The molecule has 3 fully saturated rings. The van der Waals surface area contributed by atoms with Crippen molar-refractivity contribution in [2.45, 2.75) is 50.5 Å². The van der Waals surface area contributed by atoms with Crippen molar-refractivity contribution in [3.05, 3.63) is 135 Å². The van der Waals surface area contributed by atoms with E-state index in [0.717, 1.165) is 49.2 Å². The Bertz CT molecular complexity index is 2240. The van der Waals surface area contributed by atoms with E-state index in [1.807, 2.05) is 54.6 Å². The monoisotopic (exact) mass is 790 g/mol. The zero-order chi connectivity index (χ0) is 40.4. The lowest BCUT2D eigenvalue weighted by Crippen LogP contribution is -2.52. The lowest BCUT2D eigenvalue weighted by Gasteiger charge is -2.43. The summed E-state index contributed by atoms with van der Waals surface area (Å²) in [5.41, 5.74) is 3.40. The number of amides is 1. The number of aromatic nitrogens is 1. The van der Waals surface area contributed by atoms with Gasteiger partial charge in [0, 0.05) is 24.5 Å². The maximum atomic E-state index is 13.2. The smallest absolute Gasteiger partial charge is 0.408 e. The molecular weight excluding hydrogens is 741 g/mol. The molecule has 0 radical (unpaired) electrons. The van der Waals surface area contributed by atoms with Gasteiger partial charge in [-0.2, -0.15) is 0 Å². The van der Waals surface area contributed by atoms with Crippen LogP contribution >= 0.6 is 0 Å². The summed E-state index contributed by atoms with van der Waals surface area (Å²) in [7, 11) is 1.50. The number of nitrogens with zero attached hydrogens (tertiary/aromatic N) is 1. The second-order valence-corrected chi connectivity index (χ2v) is 14.8. The molecule has 3 saturated heterocycles. The van der Waals surface area contributed by atoms with E-state index in [-0.39, 0.29) is 42.7 Å². The van der Waals surface area contributed by atoms with Gasteiger partial charge in [0.25, 0.3) is 0 Å². The molecule has 4 aromatic carbocycles. The number of piperidine rings is 3. The molecule has 2 bridgehead atoms. The van der Waals surface area contributed by atoms with Crippen molar-refractivity contribution >= 4 is 23.0 Å². The van der Waals surface area contributed by atoms with Crippen LogP contribution in [-0.4, -0.2) is 84.7 Å². The number of phenols is 1. The summed E-state index contributed by atoms with van der Waals surface area (Å²) in [5, 5.41) is 27.7. The van der Waals surface area contributed by atoms with Crippen molar-refractivity contribution in [2.75, 3.05) is 46.4 Å². The standard InChI is InChI=1S/C45H50N4O9/c1-55-39-24-29(12-13-36(39)44(53)56-23-6-5-20-46-26-38(51)34-14-16-37(50)43-35(34)15-17-41(52)47-43)28-57-33-11-7-10-32(25-33)42(31-8-3-2-4-9-31)48-45(54)58-40-27-49-21-18-30(40)19-22-49/h2-4,7-17,24-25,30,38,40,42,46,50-51H,5-6,18-23,26-28H2,1H3,(H,47,52)(H,48,54)/t38?,40?,42-/m0/s1. The first kappa shape index (κ1) is 40.3. The average molecular weight is 791 g/mol. The molecule has 5 aromatic rings. The van der Waals surface area contributed by atoms with E-state index in [1.165, 1.54) is 19.2 Å². The molecule has 13 nitrogen and oxygen atoms in total. The molecule has 3 atom stereocenters. The number of carbonyl (C=O) groups is 2. The minimum atomic E-state index is -0.857. The van der Waals surface area contributed by atoms with E-state index in [0.29, 0.717) is 53.3 Å². The molecule has 0 saturated carbocycles. The molecule has 1 aromatic heterocycles. The van der Waals surface area contributed by atoms with Crippen LogP contribution in [0.2, 0.25) is 0 Å². The Morgan fingerprint density at radius 1 is 0.931 bits per heavy atom. The number of nitrogens with one attached hydrogen (secondary N) is 3. The number of H-pyrrole nitrogens is 1. The number of methoxy groups -OCH3 is 1. The van der Waals surface area contributed by atoms with Crippen LogP contribution < -0.4 is 25.7 Å². The van der Waals surface area contributed by atoms with Gasteiger partial charge in [0.05, 0.1) is 31.4 Å². The predicted octanol–water partition coefficient (Wildman–Crippen LogP) is 5.99. The second-order valence-electron chi connectivity index (χ2n) is 14.8. The summed E-state index contributed by atoms with van der Waals surface area (Å²) < 4.78 is 23.2. The zero-order valence-electron chi connectivity index (χ0n) is 32.5. The molecule has 3 aliphatic heterocycles. The van der Waals surface area contributed by atoms with Crippen molar-refractivity contribution in [1.82, 2.24) is 20.5 Å². The fraction of sp³-hybridized carbons (Fsp3) is 0.356. The van der Waals surface area contributed by atoms with Crippen LogP contribution in [0.4, 0.5) is 4.79 Å². The fourth-order valence-corrected chi connectivity index (χ4v) is 7.78. The summed E-state index contributed by atoms with van der Waals surface area (Å²) in [6.07, 6.45) is 2.03. The zero-order valence-corrected chi connectivity index (χ0v) is 32.5. The van der Waals surface area contributed by atoms with Gasteiger partial charge in [-0.15, -0.1) is 0 Å². The summed E-state index contributed by atoms with van der Waals surface area (Å²) in [5.74, 6) is 0.838. The highest BCUT2D eigenvalue weighted by Gasteiger charge is 2.37. The Morgan fingerprint density at radius 2 is 1.74 bits per heavy atom. The number of hydrogen-bond donors (Lipinski definition) is 5. The van der Waals surface area contributed by atoms with Gasteiger partial charge in [0.2, 0.25) is 5.56 Å². The largest absolute Gasteiger partial charge is 0.506 e. The molecule has 1 amide bonds. The highest BCUT2D eigenvalue weighted by atomic mass is 16.6. The molecule has 304 valence electrons. The van der Waals surface area contributed by atoms with Crippen LogP contribution in [0, 0.1) is 5.92 Å². The number of aromatic hydroxyl groups is 1. The summed E-state index contributed by atoms with van der Waals surface area (Å²) in [6, 6.07) is 28.2. The van der Waals surface area contributed by atoms with Gasteiger partial charge in [-0.3, -0.25) is 9.69 Å². The molecule has 3 aliphatic rings. The summed E-state index contributed by atoms with van der Waals surface area (Å²) in [6.45, 7) is 4.19. The van der Waals surface area contributed by atoms with Crippen molar-refractivity contribution in [1.29, 1.82) is 0 Å². The average Bonchev–Trinajstić information content (AvgIpc) is 3.25. The first-order valence-electron chi connectivity index (χ1n) is 19.8. The van der Waals surface area contributed by atoms with Crippen molar-refractivity contribution in [3.63, 3.8) is 0 Å². The number of benzene rings is 4. The van der Waals surface area contributed by atoms with E-state index in [2.05, 4.69) is 20.5 Å². The Hall–Kier alpha value is -5.89. The molecule has 0 spiro atoms. The lowest BCUT2D eigenvalue weighted by atomic mass is 9.86. The molecular formula is C45H50N4O9. The number of unbranched alkanes of at least 4 members (excludes halogenated alkanes) is 1. The summed E-state index contributed by atoms with van der Waals surface area (Å²) >= 11 is 0. The highest BCUT2D eigenvalue weighted by molar-refractivity contribution is 5.92. The van der Waals surface area contributed by atoms with E-state index < -0.39 is 24.2 Å². The summed E-state index contributed by atoms with van der Waals surface area (Å²) in [4.78, 5) is 42.9. The van der Waals surface area contributed by atoms with E-state index in [9.17, 15) is 24.6 Å². The quantitative estimate of drug-likeness (QED) is 0.0554. The maximum Gasteiger partial charge on any atom is 0.408 e. The van der Waals surface area contributed by atoms with Crippen LogP contribution in [0.1, 0.15) is 70.4 Å². The minimum Gasteiger partial charge on any atom is -0.506 e. The molecule has 2 unspecified atom stereocenters. The molecule has 58 heavy (non-hydrogen) atoms. The number of ether oxygens (including phenoxy) is 4. The van der Waals surface area contributed by atoms with Gasteiger partial charge in [-0.1, -0.05) is 54.6 Å². The van der Waals surface area contributed by atoms with Crippen molar-refractivity contribution in [3.8, 4) is 17.2 Å². The van der Waals surface area contributed by atoms with E-state index in [1.54, 1.807) is 30.3 Å². The van der Waals surface area contributed by atoms with Crippen LogP contribution in [0.25, 0.3) is 10.9 Å². The number of aliphatic hydroxyl groups is 1. The Morgan fingerprint density at radius 3 is 2.52 bits per heavy atom. The minimum absolute atomic E-state index is 0.0610.